The Morgan fingerprint density at radius 2 is 1.85 bits per heavy atom. The number of anilines is 1. The molecule has 3 aliphatic rings. The Bertz CT molecular complexity index is 2250. The third-order valence-electron chi connectivity index (χ3n) is 10.3. The Hall–Kier alpha value is -5.41. The predicted molar refractivity (Wildman–Crippen MR) is 204 cm³/mol. The Morgan fingerprint density at radius 3 is 2.57 bits per heavy atom. The Balaban J connectivity index is 1.30. The van der Waals surface area contributed by atoms with Gasteiger partial charge in [-0.2, -0.15) is 15.1 Å². The van der Waals surface area contributed by atoms with Gasteiger partial charge in [0.2, 0.25) is 0 Å². The number of fused-ring (bicyclic) bond motifs is 2. The number of rotatable bonds is 9. The lowest BCUT2D eigenvalue weighted by atomic mass is 9.88. The minimum Gasteiger partial charge on any atom is -0.486 e. The molecule has 2 N–H and O–H groups in total. The molecule has 0 radical (unpaired) electrons. The molecule has 8 rings (SSSR count). The zero-order valence-corrected chi connectivity index (χ0v) is 31.1. The standard InChI is InChI=1S/C42H45FN6O5/c1-6-25-7-9-26(10-8-25)23-52-38-36(35-24(2)33(43)20-34-32(35)21-44-48-34)30(27-11-12-27)19-31-37(38)46-40(53-29-14-17-51-18-15-29)47-39(31)45-28-13-16-49(22-28)41(50)54-42(3,4)5/h1,7-10,19-21,27-29H,11-18,22-23H2,2-5H3,(H,44,48)(H,45,46,47)/t28-/m0/s1. The third kappa shape index (κ3) is 7.37. The number of hydrogen-bond acceptors (Lipinski definition) is 9. The number of H-pyrrole nitrogens is 1. The molecule has 2 saturated heterocycles. The van der Waals surface area contributed by atoms with Gasteiger partial charge < -0.3 is 29.2 Å². The molecule has 1 aliphatic carbocycles. The molecule has 0 bridgehead atoms. The number of terminal acetylenes is 1. The average Bonchev–Trinajstić information content (AvgIpc) is 3.71. The molecule has 0 unspecified atom stereocenters. The van der Waals surface area contributed by atoms with Gasteiger partial charge in [0.25, 0.3) is 0 Å². The maximum atomic E-state index is 15.8. The number of nitrogens with zero attached hydrogens (tertiary/aromatic N) is 4. The molecule has 0 spiro atoms. The first-order valence-corrected chi connectivity index (χ1v) is 18.7. The number of hydrogen-bond donors (Lipinski definition) is 2. The molecule has 1 amide bonds. The van der Waals surface area contributed by atoms with Crippen molar-refractivity contribution in [2.24, 2.45) is 0 Å². The number of halogens is 1. The second-order valence-electron chi connectivity index (χ2n) is 15.5. The fraction of sp³-hybridized carbons (Fsp3) is 0.429. The molecule has 5 aromatic rings. The molecule has 280 valence electrons. The van der Waals surface area contributed by atoms with Crippen LogP contribution in [0.4, 0.5) is 15.0 Å². The van der Waals surface area contributed by atoms with E-state index >= 15 is 4.39 Å². The Labute approximate surface area is 313 Å². The lowest BCUT2D eigenvalue weighted by molar-refractivity contribution is 0.0218. The highest BCUT2D eigenvalue weighted by molar-refractivity contribution is 6.06. The summed E-state index contributed by atoms with van der Waals surface area (Å²) in [5.74, 6) is 3.65. The topological polar surface area (TPSA) is 124 Å². The summed E-state index contributed by atoms with van der Waals surface area (Å²) in [6, 6.07) is 11.4. The molecule has 4 heterocycles. The molecule has 1 saturated carbocycles. The van der Waals surface area contributed by atoms with Crippen LogP contribution in [-0.4, -0.2) is 75.2 Å². The number of amides is 1. The van der Waals surface area contributed by atoms with E-state index in [0.717, 1.165) is 45.9 Å². The fourth-order valence-corrected chi connectivity index (χ4v) is 7.36. The molecule has 1 atom stereocenters. The van der Waals surface area contributed by atoms with Crippen LogP contribution in [0.5, 0.6) is 11.8 Å². The molecule has 3 aromatic carbocycles. The van der Waals surface area contributed by atoms with Crippen molar-refractivity contribution in [1.82, 2.24) is 25.1 Å². The summed E-state index contributed by atoms with van der Waals surface area (Å²) in [6.45, 7) is 9.77. The van der Waals surface area contributed by atoms with Gasteiger partial charge in [0.05, 0.1) is 24.9 Å². The van der Waals surface area contributed by atoms with E-state index in [2.05, 4.69) is 27.5 Å². The number of likely N-dealkylation sites (tertiary alicyclic amines) is 1. The van der Waals surface area contributed by atoms with Crippen LogP contribution in [0.3, 0.4) is 0 Å². The highest BCUT2D eigenvalue weighted by atomic mass is 19.1. The molecule has 54 heavy (non-hydrogen) atoms. The van der Waals surface area contributed by atoms with Crippen molar-refractivity contribution in [3.63, 3.8) is 0 Å². The molecule has 2 aromatic heterocycles. The van der Waals surface area contributed by atoms with E-state index in [9.17, 15) is 4.79 Å². The van der Waals surface area contributed by atoms with Gasteiger partial charge in [-0.1, -0.05) is 18.1 Å². The van der Waals surface area contributed by atoms with Crippen molar-refractivity contribution in [2.75, 3.05) is 31.6 Å². The van der Waals surface area contributed by atoms with Gasteiger partial charge in [-0.3, -0.25) is 5.10 Å². The van der Waals surface area contributed by atoms with E-state index < -0.39 is 5.60 Å². The second-order valence-corrected chi connectivity index (χ2v) is 15.5. The van der Waals surface area contributed by atoms with Gasteiger partial charge >= 0.3 is 12.1 Å². The van der Waals surface area contributed by atoms with Crippen molar-refractivity contribution in [3.05, 3.63) is 70.7 Å². The zero-order chi connectivity index (χ0) is 37.6. The summed E-state index contributed by atoms with van der Waals surface area (Å²) in [5.41, 5.74) is 5.24. The monoisotopic (exact) mass is 732 g/mol. The number of ether oxygens (including phenoxy) is 4. The van der Waals surface area contributed by atoms with Crippen LogP contribution in [0.2, 0.25) is 0 Å². The van der Waals surface area contributed by atoms with Crippen LogP contribution >= 0.6 is 0 Å². The summed E-state index contributed by atoms with van der Waals surface area (Å²) < 4.78 is 40.4. The van der Waals surface area contributed by atoms with E-state index in [4.69, 9.17) is 35.3 Å². The van der Waals surface area contributed by atoms with E-state index in [-0.39, 0.29) is 42.6 Å². The normalized spacial score (nSPS) is 17.9. The van der Waals surface area contributed by atoms with Gasteiger partial charge in [-0.15, -0.1) is 6.42 Å². The largest absolute Gasteiger partial charge is 0.486 e. The summed E-state index contributed by atoms with van der Waals surface area (Å²) in [5, 5.41) is 12.5. The SMILES string of the molecule is C#Cc1ccc(COc2c(-c3c(C)c(F)cc4[nH]ncc34)c(C3CC3)cc3c(N[C@H]4CCN(C(=O)OC(C)(C)C)C4)nc(OC4CCOCC4)nc23)cc1. The van der Waals surface area contributed by atoms with E-state index in [0.29, 0.717) is 79.3 Å². The first-order chi connectivity index (χ1) is 26.0. The quantitative estimate of drug-likeness (QED) is 0.145. The summed E-state index contributed by atoms with van der Waals surface area (Å²) in [4.78, 5) is 24.8. The minimum atomic E-state index is -0.597. The van der Waals surface area contributed by atoms with Gasteiger partial charge in [0.1, 0.15) is 35.5 Å². The van der Waals surface area contributed by atoms with Crippen molar-refractivity contribution in [2.45, 2.75) is 90.1 Å². The van der Waals surface area contributed by atoms with E-state index in [1.54, 1.807) is 18.0 Å². The van der Waals surface area contributed by atoms with Crippen molar-refractivity contribution < 1.29 is 28.1 Å². The molecule has 3 fully saturated rings. The van der Waals surface area contributed by atoms with Gasteiger partial charge in [-0.05, 0) is 93.8 Å². The first kappa shape index (κ1) is 35.6. The summed E-state index contributed by atoms with van der Waals surface area (Å²) in [7, 11) is 0. The molecular formula is C42H45FN6O5. The fourth-order valence-electron chi connectivity index (χ4n) is 7.36. The van der Waals surface area contributed by atoms with Gasteiger partial charge in [0, 0.05) is 59.4 Å². The lowest BCUT2D eigenvalue weighted by Crippen LogP contribution is -2.36. The number of carbonyl (C=O) groups excluding carboxylic acids is 1. The lowest BCUT2D eigenvalue weighted by Gasteiger charge is -2.25. The van der Waals surface area contributed by atoms with E-state index in [1.807, 2.05) is 45.0 Å². The smallest absolute Gasteiger partial charge is 0.410 e. The van der Waals surface area contributed by atoms with Crippen molar-refractivity contribution >= 4 is 33.7 Å². The van der Waals surface area contributed by atoms with Crippen molar-refractivity contribution in [3.8, 4) is 35.2 Å². The highest BCUT2D eigenvalue weighted by Crippen LogP contribution is 2.53. The predicted octanol–water partition coefficient (Wildman–Crippen LogP) is 8.04. The number of benzene rings is 3. The first-order valence-electron chi connectivity index (χ1n) is 18.7. The minimum absolute atomic E-state index is 0.106. The van der Waals surface area contributed by atoms with Crippen LogP contribution in [0.25, 0.3) is 32.9 Å². The maximum absolute atomic E-state index is 15.8. The Kier molecular flexibility index (Phi) is 9.52. The highest BCUT2D eigenvalue weighted by Gasteiger charge is 2.35. The number of aromatic nitrogens is 4. The molecular weight excluding hydrogens is 687 g/mol. The average molecular weight is 733 g/mol. The van der Waals surface area contributed by atoms with Crippen LogP contribution in [0, 0.1) is 25.1 Å². The van der Waals surface area contributed by atoms with Crippen LogP contribution in [0.1, 0.15) is 81.0 Å². The zero-order valence-electron chi connectivity index (χ0n) is 31.1. The van der Waals surface area contributed by atoms with Crippen LogP contribution < -0.4 is 14.8 Å². The van der Waals surface area contributed by atoms with Crippen LogP contribution in [0.15, 0.2) is 42.6 Å². The Morgan fingerprint density at radius 1 is 1.07 bits per heavy atom. The second kappa shape index (κ2) is 14.4. The summed E-state index contributed by atoms with van der Waals surface area (Å²) >= 11 is 0. The summed E-state index contributed by atoms with van der Waals surface area (Å²) in [6.07, 6.45) is 11.0. The number of aromatic amines is 1. The molecule has 11 nitrogen and oxygen atoms in total. The number of carbonyl (C=O) groups is 1. The van der Waals surface area contributed by atoms with Gasteiger partial charge in [-0.25, -0.2) is 9.18 Å². The number of nitrogens with one attached hydrogen (secondary N) is 2. The van der Waals surface area contributed by atoms with E-state index in [1.165, 1.54) is 6.07 Å². The third-order valence-corrected chi connectivity index (χ3v) is 10.3. The van der Waals surface area contributed by atoms with Crippen molar-refractivity contribution in [1.29, 1.82) is 0 Å². The maximum Gasteiger partial charge on any atom is 0.410 e. The molecule has 2 aliphatic heterocycles. The van der Waals surface area contributed by atoms with Gasteiger partial charge in [0.15, 0.2) is 5.75 Å². The van der Waals surface area contributed by atoms with Crippen LogP contribution in [-0.2, 0) is 16.1 Å². The molecule has 12 heteroatoms.